The van der Waals surface area contributed by atoms with Crippen LogP contribution in [0.15, 0.2) is 24.3 Å². The molecule has 0 saturated carbocycles. The lowest BCUT2D eigenvalue weighted by molar-refractivity contribution is -0.140. The molecule has 2 aromatic rings. The molecule has 162 valence electrons. The zero-order valence-corrected chi connectivity index (χ0v) is 18.2. The number of methoxy groups -OCH3 is 1. The quantitative estimate of drug-likeness (QED) is 0.613. The zero-order valence-electron chi connectivity index (χ0n) is 18.2. The van der Waals surface area contributed by atoms with E-state index in [9.17, 15) is 14.4 Å². The topological polar surface area (TPSA) is 102 Å². The van der Waals surface area contributed by atoms with Crippen LogP contribution < -0.4 is 10.6 Å². The molecule has 2 rings (SSSR count). The average Bonchev–Trinajstić information content (AvgIpc) is 2.99. The highest BCUT2D eigenvalue weighted by molar-refractivity contribution is 5.94. The number of hydrogen-bond acceptors (Lipinski definition) is 5. The van der Waals surface area contributed by atoms with E-state index in [0.29, 0.717) is 18.4 Å². The van der Waals surface area contributed by atoms with Gasteiger partial charge in [0.2, 0.25) is 5.91 Å². The smallest absolute Gasteiger partial charge is 0.305 e. The van der Waals surface area contributed by atoms with Crippen LogP contribution in [0.5, 0.6) is 0 Å². The lowest BCUT2D eigenvalue weighted by atomic mass is 10.1. The molecule has 0 atom stereocenters. The molecule has 0 aliphatic heterocycles. The average molecular weight is 415 g/mol. The van der Waals surface area contributed by atoms with E-state index in [1.54, 1.807) is 16.8 Å². The van der Waals surface area contributed by atoms with E-state index in [1.165, 1.54) is 7.11 Å². The number of carbonyl (C=O) groups excluding carboxylic acids is 3. The van der Waals surface area contributed by atoms with Crippen LogP contribution in [0.1, 0.15) is 54.0 Å². The minimum absolute atomic E-state index is 0.0797. The summed E-state index contributed by atoms with van der Waals surface area (Å²) in [4.78, 5) is 35.4. The van der Waals surface area contributed by atoms with Gasteiger partial charge in [0, 0.05) is 36.7 Å². The molecule has 0 fully saturated rings. The van der Waals surface area contributed by atoms with Crippen LogP contribution in [0.2, 0.25) is 0 Å². The van der Waals surface area contributed by atoms with E-state index >= 15 is 0 Å². The Bertz CT molecular complexity index is 901. The van der Waals surface area contributed by atoms with Crippen LogP contribution in [0.25, 0.3) is 5.69 Å². The number of rotatable bonds is 9. The highest BCUT2D eigenvalue weighted by Crippen LogP contribution is 2.20. The summed E-state index contributed by atoms with van der Waals surface area (Å²) in [5, 5.41) is 10.1. The van der Waals surface area contributed by atoms with Crippen molar-refractivity contribution in [2.75, 3.05) is 13.7 Å². The fourth-order valence-corrected chi connectivity index (χ4v) is 3.16. The first-order valence-corrected chi connectivity index (χ1v) is 10.0. The lowest BCUT2D eigenvalue weighted by Gasteiger charge is -2.10. The van der Waals surface area contributed by atoms with Crippen molar-refractivity contribution in [1.29, 1.82) is 0 Å². The van der Waals surface area contributed by atoms with E-state index < -0.39 is 0 Å². The van der Waals surface area contributed by atoms with E-state index in [1.807, 2.05) is 39.8 Å². The van der Waals surface area contributed by atoms with Gasteiger partial charge in [-0.05, 0) is 63.9 Å². The number of amides is 2. The molecule has 2 amide bonds. The molecule has 0 spiro atoms. The largest absolute Gasteiger partial charge is 0.469 e. The molecular weight excluding hydrogens is 384 g/mol. The minimum Gasteiger partial charge on any atom is -0.469 e. The Morgan fingerprint density at radius 3 is 2.37 bits per heavy atom. The molecule has 1 heterocycles. The second-order valence-electron chi connectivity index (χ2n) is 7.41. The Morgan fingerprint density at radius 1 is 1.10 bits per heavy atom. The van der Waals surface area contributed by atoms with Crippen molar-refractivity contribution in [2.24, 2.45) is 0 Å². The van der Waals surface area contributed by atoms with E-state index in [4.69, 9.17) is 4.74 Å². The molecular formula is C22H30N4O4. The summed E-state index contributed by atoms with van der Waals surface area (Å²) in [6, 6.07) is 7.18. The van der Waals surface area contributed by atoms with Crippen LogP contribution >= 0.6 is 0 Å². The van der Waals surface area contributed by atoms with Gasteiger partial charge in [-0.1, -0.05) is 0 Å². The summed E-state index contributed by atoms with van der Waals surface area (Å²) in [7, 11) is 1.38. The number of hydrogen-bond donors (Lipinski definition) is 2. The Hall–Kier alpha value is -3.16. The molecule has 0 saturated heterocycles. The van der Waals surface area contributed by atoms with Crippen LogP contribution in [0, 0.1) is 13.8 Å². The number of aryl methyl sites for hydroxylation is 1. The second kappa shape index (κ2) is 10.6. The number of nitrogens with zero attached hydrogens (tertiary/aromatic N) is 2. The fraction of sp³-hybridized carbons (Fsp3) is 0.455. The Labute approximate surface area is 177 Å². The van der Waals surface area contributed by atoms with Gasteiger partial charge in [-0.2, -0.15) is 5.10 Å². The van der Waals surface area contributed by atoms with Gasteiger partial charge in [0.25, 0.3) is 5.91 Å². The van der Waals surface area contributed by atoms with Gasteiger partial charge in [-0.15, -0.1) is 0 Å². The molecule has 1 aromatic carbocycles. The minimum atomic E-state index is -0.251. The molecule has 8 nitrogen and oxygen atoms in total. The zero-order chi connectivity index (χ0) is 22.3. The molecule has 30 heavy (non-hydrogen) atoms. The fourth-order valence-electron chi connectivity index (χ4n) is 3.16. The van der Waals surface area contributed by atoms with Crippen molar-refractivity contribution in [3.8, 4) is 5.69 Å². The molecule has 8 heteroatoms. The summed E-state index contributed by atoms with van der Waals surface area (Å²) in [5.74, 6) is -0.571. The van der Waals surface area contributed by atoms with Gasteiger partial charge in [-0.25, -0.2) is 4.68 Å². The van der Waals surface area contributed by atoms with E-state index in [-0.39, 0.29) is 36.8 Å². The van der Waals surface area contributed by atoms with Gasteiger partial charge in [0.05, 0.1) is 18.5 Å². The predicted molar refractivity (Wildman–Crippen MR) is 114 cm³/mol. The first-order chi connectivity index (χ1) is 14.2. The highest BCUT2D eigenvalue weighted by atomic mass is 16.5. The maximum Gasteiger partial charge on any atom is 0.305 e. The molecule has 0 aliphatic carbocycles. The number of carbonyl (C=O) groups is 3. The third-order valence-electron chi connectivity index (χ3n) is 4.71. The van der Waals surface area contributed by atoms with Crippen molar-refractivity contribution >= 4 is 17.8 Å². The molecule has 0 bridgehead atoms. The van der Waals surface area contributed by atoms with Crippen molar-refractivity contribution in [1.82, 2.24) is 20.4 Å². The van der Waals surface area contributed by atoms with Crippen molar-refractivity contribution in [3.05, 3.63) is 46.8 Å². The SMILES string of the molecule is COC(=O)CCc1c(C)nn(-c2ccc(C(=O)NCCC(=O)NC(C)C)cc2)c1C. The monoisotopic (exact) mass is 414 g/mol. The summed E-state index contributed by atoms with van der Waals surface area (Å²) in [6.45, 7) is 7.93. The molecule has 0 radical (unpaired) electrons. The first kappa shape index (κ1) is 23.1. The van der Waals surface area contributed by atoms with Gasteiger partial charge in [0.1, 0.15) is 0 Å². The molecule has 0 aliphatic rings. The number of benzene rings is 1. The Kier molecular flexibility index (Phi) is 8.15. The standard InChI is InChI=1S/C22H30N4O4/c1-14(2)24-20(27)12-13-23-22(29)17-6-8-18(9-7-17)26-16(4)19(15(3)25-26)10-11-21(28)30-5/h6-9,14H,10-13H2,1-5H3,(H,23,29)(H,24,27). The summed E-state index contributed by atoms with van der Waals surface area (Å²) < 4.78 is 6.52. The Balaban J connectivity index is 2.01. The van der Waals surface area contributed by atoms with Crippen molar-refractivity contribution < 1.29 is 19.1 Å². The summed E-state index contributed by atoms with van der Waals surface area (Å²) in [6.07, 6.45) is 1.11. The van der Waals surface area contributed by atoms with Crippen molar-refractivity contribution in [2.45, 2.75) is 53.0 Å². The van der Waals surface area contributed by atoms with Gasteiger partial charge < -0.3 is 15.4 Å². The Morgan fingerprint density at radius 2 is 1.77 bits per heavy atom. The van der Waals surface area contributed by atoms with E-state index in [2.05, 4.69) is 15.7 Å². The normalized spacial score (nSPS) is 10.7. The van der Waals surface area contributed by atoms with Gasteiger partial charge in [-0.3, -0.25) is 14.4 Å². The number of aromatic nitrogens is 2. The van der Waals surface area contributed by atoms with Crippen LogP contribution in [0.4, 0.5) is 0 Å². The van der Waals surface area contributed by atoms with Crippen LogP contribution in [-0.2, 0) is 20.7 Å². The summed E-state index contributed by atoms with van der Waals surface area (Å²) >= 11 is 0. The second-order valence-corrected chi connectivity index (χ2v) is 7.41. The summed E-state index contributed by atoms with van der Waals surface area (Å²) in [5.41, 5.74) is 4.16. The van der Waals surface area contributed by atoms with Gasteiger partial charge >= 0.3 is 5.97 Å². The predicted octanol–water partition coefficient (Wildman–Crippen LogP) is 2.24. The number of esters is 1. The molecule has 1 aromatic heterocycles. The highest BCUT2D eigenvalue weighted by Gasteiger charge is 2.15. The van der Waals surface area contributed by atoms with Crippen LogP contribution in [-0.4, -0.2) is 47.3 Å². The molecule has 2 N–H and O–H groups in total. The third-order valence-corrected chi connectivity index (χ3v) is 4.71. The van der Waals surface area contributed by atoms with Crippen molar-refractivity contribution in [3.63, 3.8) is 0 Å². The maximum atomic E-state index is 12.3. The number of nitrogens with one attached hydrogen (secondary N) is 2. The molecule has 0 unspecified atom stereocenters. The maximum absolute atomic E-state index is 12.3. The van der Waals surface area contributed by atoms with Gasteiger partial charge in [0.15, 0.2) is 0 Å². The van der Waals surface area contributed by atoms with E-state index in [0.717, 1.165) is 22.6 Å². The number of ether oxygens (including phenoxy) is 1. The first-order valence-electron chi connectivity index (χ1n) is 10.0. The lowest BCUT2D eigenvalue weighted by Crippen LogP contribution is -2.34. The van der Waals surface area contributed by atoms with Crippen LogP contribution in [0.3, 0.4) is 0 Å². The third kappa shape index (κ3) is 6.17.